The first-order valence-electron chi connectivity index (χ1n) is 11.5. The van der Waals surface area contributed by atoms with Gasteiger partial charge in [0.25, 0.3) is 5.91 Å². The minimum atomic E-state index is -0.789. The summed E-state index contributed by atoms with van der Waals surface area (Å²) in [4.78, 5) is 21.3. The molecule has 0 spiro atoms. The number of hydrogen-bond acceptors (Lipinski definition) is 8. The molecule has 0 bridgehead atoms. The Morgan fingerprint density at radius 3 is 2.75 bits per heavy atom. The Bertz CT molecular complexity index is 1260. The number of pyridine rings is 1. The lowest BCUT2D eigenvalue weighted by atomic mass is 9.74. The van der Waals surface area contributed by atoms with Gasteiger partial charge in [0.05, 0.1) is 42.6 Å². The van der Waals surface area contributed by atoms with Gasteiger partial charge in [0.1, 0.15) is 21.6 Å². The molecule has 1 aromatic carbocycles. The molecule has 4 rings (SSSR count). The van der Waals surface area contributed by atoms with E-state index in [4.69, 9.17) is 21.5 Å². The second kappa shape index (κ2) is 11.1. The lowest BCUT2D eigenvalue weighted by Gasteiger charge is -2.39. The molecular weight excluding hydrogens is 486 g/mol. The first kappa shape index (κ1) is 25.6. The zero-order valence-corrected chi connectivity index (χ0v) is 20.4. The molecule has 1 amide bonds. The standard InChI is InChI=1S/C25H26F2N6O2S/c1-13-10-14(11-18(29)22(13)35-9-3-7-28)15-6-8-31-12-19(15)32-24(34)21-23(30)36-25(33-21)20-16(26)4-2-5-17(20)27/h2,4-6,8,12-14,18,22H,3,9-11,29-30H2,1H3,(H,32,34). The van der Waals surface area contributed by atoms with E-state index >= 15 is 0 Å². The summed E-state index contributed by atoms with van der Waals surface area (Å²) in [5.41, 5.74) is 13.3. The zero-order chi connectivity index (χ0) is 25.8. The normalized spacial score (nSPS) is 21.6. The highest BCUT2D eigenvalue weighted by atomic mass is 32.1. The average molecular weight is 513 g/mol. The lowest BCUT2D eigenvalue weighted by molar-refractivity contribution is -0.0198. The molecule has 1 fully saturated rings. The van der Waals surface area contributed by atoms with E-state index in [9.17, 15) is 13.6 Å². The van der Waals surface area contributed by atoms with Gasteiger partial charge in [-0.3, -0.25) is 9.78 Å². The van der Waals surface area contributed by atoms with Crippen LogP contribution in [0.3, 0.4) is 0 Å². The Hall–Kier alpha value is -3.46. The van der Waals surface area contributed by atoms with E-state index in [0.717, 1.165) is 35.5 Å². The van der Waals surface area contributed by atoms with Crippen molar-refractivity contribution in [2.45, 2.75) is 44.2 Å². The van der Waals surface area contributed by atoms with E-state index in [-0.39, 0.29) is 45.2 Å². The van der Waals surface area contributed by atoms with Crippen molar-refractivity contribution in [2.75, 3.05) is 17.7 Å². The minimum Gasteiger partial charge on any atom is -0.389 e. The van der Waals surface area contributed by atoms with Gasteiger partial charge < -0.3 is 21.5 Å². The van der Waals surface area contributed by atoms with Crippen molar-refractivity contribution in [3.05, 3.63) is 59.6 Å². The van der Waals surface area contributed by atoms with Crippen LogP contribution in [0.15, 0.2) is 36.7 Å². The first-order valence-corrected chi connectivity index (χ1v) is 12.3. The van der Waals surface area contributed by atoms with Crippen LogP contribution in [0.5, 0.6) is 0 Å². The van der Waals surface area contributed by atoms with E-state index in [1.165, 1.54) is 6.07 Å². The number of nitriles is 1. The summed E-state index contributed by atoms with van der Waals surface area (Å²) in [6.07, 6.45) is 4.75. The summed E-state index contributed by atoms with van der Waals surface area (Å²) in [7, 11) is 0. The number of thiazole rings is 1. The quantitative estimate of drug-likeness (QED) is 0.397. The number of aromatic nitrogens is 2. The zero-order valence-electron chi connectivity index (χ0n) is 19.6. The van der Waals surface area contributed by atoms with Gasteiger partial charge in [0.15, 0.2) is 5.69 Å². The van der Waals surface area contributed by atoms with Gasteiger partial charge in [0.2, 0.25) is 0 Å². The van der Waals surface area contributed by atoms with Crippen LogP contribution in [0.1, 0.15) is 48.2 Å². The smallest absolute Gasteiger partial charge is 0.277 e. The van der Waals surface area contributed by atoms with E-state index in [1.807, 2.05) is 6.07 Å². The number of nitrogen functional groups attached to an aromatic ring is 1. The topological polar surface area (TPSA) is 140 Å². The third-order valence-corrected chi connectivity index (χ3v) is 7.21. The highest BCUT2D eigenvalue weighted by Gasteiger charge is 2.36. The largest absolute Gasteiger partial charge is 0.389 e. The van der Waals surface area contributed by atoms with Gasteiger partial charge in [-0.05, 0) is 48.4 Å². The number of hydrogen-bond donors (Lipinski definition) is 3. The van der Waals surface area contributed by atoms with Crippen LogP contribution >= 0.6 is 11.3 Å². The molecule has 1 aliphatic carbocycles. The summed E-state index contributed by atoms with van der Waals surface area (Å²) in [5.74, 6) is -2.00. The molecule has 1 saturated carbocycles. The summed E-state index contributed by atoms with van der Waals surface area (Å²) in [6, 6.07) is 7.15. The molecule has 2 heterocycles. The van der Waals surface area contributed by atoms with Crippen LogP contribution in [0.4, 0.5) is 19.5 Å². The molecule has 2 aromatic heterocycles. The van der Waals surface area contributed by atoms with Crippen molar-refractivity contribution in [1.29, 1.82) is 5.26 Å². The van der Waals surface area contributed by atoms with Gasteiger partial charge >= 0.3 is 0 Å². The van der Waals surface area contributed by atoms with Gasteiger partial charge in [-0.1, -0.05) is 24.3 Å². The fraction of sp³-hybridized carbons (Fsp3) is 0.360. The van der Waals surface area contributed by atoms with Gasteiger partial charge in [-0.25, -0.2) is 13.8 Å². The Kier molecular flexibility index (Phi) is 7.88. The molecule has 11 heteroatoms. The maximum absolute atomic E-state index is 14.2. The van der Waals surface area contributed by atoms with Gasteiger partial charge in [-0.15, -0.1) is 0 Å². The Morgan fingerprint density at radius 2 is 2.06 bits per heavy atom. The van der Waals surface area contributed by atoms with Crippen molar-refractivity contribution in [3.63, 3.8) is 0 Å². The SMILES string of the molecule is CC1CC(c2ccncc2NC(=O)c2nc(-c3c(F)cccc3F)sc2N)CC(N)C1OCCC#N. The van der Waals surface area contributed by atoms with Crippen molar-refractivity contribution in [3.8, 4) is 16.6 Å². The van der Waals surface area contributed by atoms with E-state index in [0.29, 0.717) is 25.1 Å². The number of nitrogens with two attached hydrogens (primary N) is 2. The Morgan fingerprint density at radius 1 is 1.31 bits per heavy atom. The fourth-order valence-corrected chi connectivity index (χ4v) is 5.57. The molecule has 188 valence electrons. The number of nitrogens with zero attached hydrogens (tertiary/aromatic N) is 3. The van der Waals surface area contributed by atoms with Gasteiger partial charge in [-0.2, -0.15) is 5.26 Å². The van der Waals surface area contributed by atoms with Crippen molar-refractivity contribution in [2.24, 2.45) is 11.7 Å². The van der Waals surface area contributed by atoms with Crippen LogP contribution in [0.2, 0.25) is 0 Å². The van der Waals surface area contributed by atoms with E-state index in [2.05, 4.69) is 28.3 Å². The molecule has 4 atom stereocenters. The molecule has 3 aromatic rings. The van der Waals surface area contributed by atoms with Crippen molar-refractivity contribution in [1.82, 2.24) is 9.97 Å². The molecule has 0 saturated heterocycles. The summed E-state index contributed by atoms with van der Waals surface area (Å²) in [5, 5.41) is 11.6. The summed E-state index contributed by atoms with van der Waals surface area (Å²) >= 11 is 0.835. The second-order valence-electron chi connectivity index (χ2n) is 8.80. The predicted octanol–water partition coefficient (Wildman–Crippen LogP) is 4.46. The van der Waals surface area contributed by atoms with Crippen LogP contribution < -0.4 is 16.8 Å². The second-order valence-corrected chi connectivity index (χ2v) is 9.83. The van der Waals surface area contributed by atoms with Crippen LogP contribution in [-0.4, -0.2) is 34.6 Å². The average Bonchev–Trinajstić information content (AvgIpc) is 3.22. The molecule has 4 unspecified atom stereocenters. The third-order valence-electron chi connectivity index (χ3n) is 6.31. The number of nitrogens with one attached hydrogen (secondary N) is 1. The third kappa shape index (κ3) is 5.36. The number of benzene rings is 1. The maximum Gasteiger partial charge on any atom is 0.277 e. The van der Waals surface area contributed by atoms with Crippen LogP contribution in [0.25, 0.3) is 10.6 Å². The van der Waals surface area contributed by atoms with Crippen LogP contribution in [-0.2, 0) is 4.74 Å². The minimum absolute atomic E-state index is 0.0193. The number of amides is 1. The number of ether oxygens (including phenoxy) is 1. The van der Waals surface area contributed by atoms with E-state index < -0.39 is 17.5 Å². The summed E-state index contributed by atoms with van der Waals surface area (Å²) in [6.45, 7) is 2.40. The molecule has 36 heavy (non-hydrogen) atoms. The molecule has 1 aliphatic rings. The molecule has 5 N–H and O–H groups in total. The van der Waals surface area contributed by atoms with Crippen LogP contribution in [0, 0.1) is 28.9 Å². The molecule has 0 aliphatic heterocycles. The molecular formula is C25H26F2N6O2S. The highest BCUT2D eigenvalue weighted by molar-refractivity contribution is 7.19. The number of anilines is 2. The van der Waals surface area contributed by atoms with Gasteiger partial charge in [0, 0.05) is 12.2 Å². The summed E-state index contributed by atoms with van der Waals surface area (Å²) < 4.78 is 34.3. The highest BCUT2D eigenvalue weighted by Crippen LogP contribution is 2.40. The number of carbonyl (C=O) groups excluding carboxylic acids is 1. The number of rotatable bonds is 7. The first-order chi connectivity index (χ1) is 17.3. The molecule has 0 radical (unpaired) electrons. The number of carbonyl (C=O) groups is 1. The van der Waals surface area contributed by atoms with E-state index in [1.54, 1.807) is 12.4 Å². The predicted molar refractivity (Wildman–Crippen MR) is 133 cm³/mol. The Balaban J connectivity index is 1.53. The Labute approximate surface area is 211 Å². The van der Waals surface area contributed by atoms with Crippen molar-refractivity contribution < 1.29 is 18.3 Å². The monoisotopic (exact) mass is 512 g/mol. The maximum atomic E-state index is 14.2. The number of halogens is 2. The molecule has 8 nitrogen and oxygen atoms in total. The fourth-order valence-electron chi connectivity index (χ4n) is 4.70. The lowest BCUT2D eigenvalue weighted by Crippen LogP contribution is -2.46. The van der Waals surface area contributed by atoms with Crippen molar-refractivity contribution >= 4 is 27.9 Å².